The van der Waals surface area contributed by atoms with Crippen molar-refractivity contribution in [3.8, 4) is 0 Å². The van der Waals surface area contributed by atoms with Crippen LogP contribution in [0.1, 0.15) is 24.2 Å². The maximum Gasteiger partial charge on any atom is 0.254 e. The van der Waals surface area contributed by atoms with Crippen LogP contribution in [0.3, 0.4) is 0 Å². The third-order valence-corrected chi connectivity index (χ3v) is 2.83. The minimum Gasteiger partial charge on any atom is -0.397 e. The van der Waals surface area contributed by atoms with Crippen molar-refractivity contribution in [2.45, 2.75) is 19.9 Å². The summed E-state index contributed by atoms with van der Waals surface area (Å²) < 4.78 is 0. The number of carbonyl (C=O) groups excluding carboxylic acids is 2. The van der Waals surface area contributed by atoms with Gasteiger partial charge in [-0.2, -0.15) is 0 Å². The standard InChI is InChI=1S/C12H15N3O2/c1-6(2)9-12(17)15-10-7(11(16)14-9)4-3-5-8(10)13/h3-6,9H,13H2,1-2H3,(H,14,16)(H,15,17). The Balaban J connectivity index is 2.47. The number of rotatable bonds is 1. The molecular weight excluding hydrogens is 218 g/mol. The second kappa shape index (κ2) is 4.08. The van der Waals surface area contributed by atoms with Crippen LogP contribution < -0.4 is 16.4 Å². The lowest BCUT2D eigenvalue weighted by atomic mass is 10.0. The molecule has 5 nitrogen and oxygen atoms in total. The van der Waals surface area contributed by atoms with Crippen molar-refractivity contribution in [1.29, 1.82) is 0 Å². The molecule has 1 unspecified atom stereocenters. The van der Waals surface area contributed by atoms with Crippen molar-refractivity contribution in [1.82, 2.24) is 5.32 Å². The third kappa shape index (κ3) is 1.95. The van der Waals surface area contributed by atoms with Gasteiger partial charge in [0.15, 0.2) is 0 Å². The first kappa shape index (κ1) is 11.4. The van der Waals surface area contributed by atoms with E-state index in [0.717, 1.165) is 0 Å². The Morgan fingerprint density at radius 2 is 2.00 bits per heavy atom. The Kier molecular flexibility index (Phi) is 2.75. The largest absolute Gasteiger partial charge is 0.397 e. The van der Waals surface area contributed by atoms with E-state index in [1.165, 1.54) is 0 Å². The number of para-hydroxylation sites is 1. The van der Waals surface area contributed by atoms with E-state index < -0.39 is 6.04 Å². The highest BCUT2D eigenvalue weighted by atomic mass is 16.2. The van der Waals surface area contributed by atoms with E-state index in [2.05, 4.69) is 10.6 Å². The average molecular weight is 233 g/mol. The van der Waals surface area contributed by atoms with Gasteiger partial charge < -0.3 is 16.4 Å². The number of carbonyl (C=O) groups is 2. The van der Waals surface area contributed by atoms with E-state index in [1.54, 1.807) is 18.2 Å². The Morgan fingerprint density at radius 3 is 2.65 bits per heavy atom. The molecule has 1 aromatic rings. The maximum absolute atomic E-state index is 12.0. The molecule has 17 heavy (non-hydrogen) atoms. The van der Waals surface area contributed by atoms with E-state index in [0.29, 0.717) is 16.9 Å². The van der Waals surface area contributed by atoms with Crippen LogP contribution in [-0.2, 0) is 4.79 Å². The second-order valence-corrected chi connectivity index (χ2v) is 4.45. The van der Waals surface area contributed by atoms with Gasteiger partial charge in [0.25, 0.3) is 5.91 Å². The summed E-state index contributed by atoms with van der Waals surface area (Å²) in [5.74, 6) is -0.483. The molecule has 0 bridgehead atoms. The molecule has 0 aromatic heterocycles. The molecular formula is C12H15N3O2. The number of anilines is 2. The fourth-order valence-electron chi connectivity index (χ4n) is 1.85. The quantitative estimate of drug-likeness (QED) is 0.632. The first-order valence-electron chi connectivity index (χ1n) is 5.51. The second-order valence-electron chi connectivity index (χ2n) is 4.45. The smallest absolute Gasteiger partial charge is 0.254 e. The molecule has 90 valence electrons. The maximum atomic E-state index is 12.0. The molecule has 1 aliphatic heterocycles. The number of nitrogen functional groups attached to an aromatic ring is 1. The Hall–Kier alpha value is -2.04. The van der Waals surface area contributed by atoms with Gasteiger partial charge in [0.2, 0.25) is 5.91 Å². The molecule has 0 saturated heterocycles. The molecule has 2 amide bonds. The van der Waals surface area contributed by atoms with E-state index in [4.69, 9.17) is 5.73 Å². The monoisotopic (exact) mass is 233 g/mol. The van der Waals surface area contributed by atoms with Gasteiger partial charge in [-0.25, -0.2) is 0 Å². The van der Waals surface area contributed by atoms with Gasteiger partial charge >= 0.3 is 0 Å². The highest BCUT2D eigenvalue weighted by molar-refractivity contribution is 6.12. The van der Waals surface area contributed by atoms with Gasteiger partial charge in [-0.3, -0.25) is 9.59 Å². The Bertz CT molecular complexity index is 483. The van der Waals surface area contributed by atoms with Gasteiger partial charge in [-0.1, -0.05) is 19.9 Å². The molecule has 1 heterocycles. The van der Waals surface area contributed by atoms with E-state index in [1.807, 2.05) is 13.8 Å². The lowest BCUT2D eigenvalue weighted by Crippen LogP contribution is -2.44. The van der Waals surface area contributed by atoms with Gasteiger partial charge in [-0.15, -0.1) is 0 Å². The van der Waals surface area contributed by atoms with Crippen LogP contribution >= 0.6 is 0 Å². The number of hydrogen-bond acceptors (Lipinski definition) is 3. The highest BCUT2D eigenvalue weighted by Crippen LogP contribution is 2.26. The molecule has 4 N–H and O–H groups in total. The van der Waals surface area contributed by atoms with Gasteiger partial charge in [-0.05, 0) is 18.1 Å². The lowest BCUT2D eigenvalue weighted by molar-refractivity contribution is -0.118. The predicted octanol–water partition coefficient (Wildman–Crippen LogP) is 0.975. The Morgan fingerprint density at radius 1 is 1.29 bits per heavy atom. The Labute approximate surface area is 99.4 Å². The van der Waals surface area contributed by atoms with Crippen LogP contribution in [0.25, 0.3) is 0 Å². The van der Waals surface area contributed by atoms with Crippen LogP contribution in [0.5, 0.6) is 0 Å². The van der Waals surface area contributed by atoms with Crippen LogP contribution in [0.2, 0.25) is 0 Å². The molecule has 0 fully saturated rings. The summed E-state index contributed by atoms with van der Waals surface area (Å²) in [6.07, 6.45) is 0. The molecule has 1 aliphatic rings. The minimum atomic E-state index is -0.533. The predicted molar refractivity (Wildman–Crippen MR) is 65.6 cm³/mol. The fraction of sp³-hybridized carbons (Fsp3) is 0.333. The molecule has 0 saturated carbocycles. The molecule has 1 atom stereocenters. The van der Waals surface area contributed by atoms with Gasteiger partial charge in [0.05, 0.1) is 16.9 Å². The number of hydrogen-bond donors (Lipinski definition) is 3. The first-order valence-corrected chi connectivity index (χ1v) is 5.51. The zero-order valence-corrected chi connectivity index (χ0v) is 9.78. The van der Waals surface area contributed by atoms with Gasteiger partial charge in [0.1, 0.15) is 6.04 Å². The van der Waals surface area contributed by atoms with Crippen LogP contribution in [0.4, 0.5) is 11.4 Å². The SMILES string of the molecule is CC(C)C1NC(=O)c2cccc(N)c2NC1=O. The van der Waals surface area contributed by atoms with Crippen LogP contribution in [0, 0.1) is 5.92 Å². The van der Waals surface area contributed by atoms with Crippen molar-refractivity contribution in [2.24, 2.45) is 5.92 Å². The average Bonchev–Trinajstić information content (AvgIpc) is 2.39. The summed E-state index contributed by atoms with van der Waals surface area (Å²) in [4.78, 5) is 23.9. The molecule has 0 aliphatic carbocycles. The minimum absolute atomic E-state index is 0.0227. The fourth-order valence-corrected chi connectivity index (χ4v) is 1.85. The zero-order valence-electron chi connectivity index (χ0n) is 9.78. The summed E-state index contributed by atoms with van der Waals surface area (Å²) in [5.41, 5.74) is 6.97. The third-order valence-electron chi connectivity index (χ3n) is 2.83. The molecule has 1 aromatic carbocycles. The zero-order chi connectivity index (χ0) is 12.6. The van der Waals surface area contributed by atoms with Crippen LogP contribution in [0.15, 0.2) is 18.2 Å². The molecule has 2 rings (SSSR count). The van der Waals surface area contributed by atoms with Crippen molar-refractivity contribution >= 4 is 23.2 Å². The summed E-state index contributed by atoms with van der Waals surface area (Å²) >= 11 is 0. The normalized spacial score (nSPS) is 19.4. The van der Waals surface area contributed by atoms with Crippen molar-refractivity contribution in [3.05, 3.63) is 23.8 Å². The molecule has 0 radical (unpaired) electrons. The summed E-state index contributed by atoms with van der Waals surface area (Å²) in [7, 11) is 0. The topological polar surface area (TPSA) is 84.2 Å². The molecule has 5 heteroatoms. The van der Waals surface area contributed by atoms with Crippen molar-refractivity contribution in [2.75, 3.05) is 11.1 Å². The molecule has 0 spiro atoms. The first-order chi connectivity index (χ1) is 8.00. The van der Waals surface area contributed by atoms with E-state index >= 15 is 0 Å². The number of amides is 2. The number of nitrogens with two attached hydrogens (primary N) is 1. The van der Waals surface area contributed by atoms with Gasteiger partial charge in [0, 0.05) is 0 Å². The van der Waals surface area contributed by atoms with Crippen molar-refractivity contribution in [3.63, 3.8) is 0 Å². The number of fused-ring (bicyclic) bond motifs is 1. The van der Waals surface area contributed by atoms with Crippen molar-refractivity contribution < 1.29 is 9.59 Å². The number of nitrogens with one attached hydrogen (secondary N) is 2. The lowest BCUT2D eigenvalue weighted by Gasteiger charge is -2.17. The summed E-state index contributed by atoms with van der Waals surface area (Å²) in [5, 5.41) is 5.41. The summed E-state index contributed by atoms with van der Waals surface area (Å²) in [6, 6.07) is 4.45. The highest BCUT2D eigenvalue weighted by Gasteiger charge is 2.30. The van der Waals surface area contributed by atoms with E-state index in [-0.39, 0.29) is 17.7 Å². The van der Waals surface area contributed by atoms with Crippen LogP contribution in [-0.4, -0.2) is 17.9 Å². The number of benzene rings is 1. The summed E-state index contributed by atoms with van der Waals surface area (Å²) in [6.45, 7) is 3.76. The van der Waals surface area contributed by atoms with E-state index in [9.17, 15) is 9.59 Å².